The van der Waals surface area contributed by atoms with Crippen molar-refractivity contribution in [1.29, 1.82) is 0 Å². The molecule has 0 unspecified atom stereocenters. The number of hydrogen-bond acceptors (Lipinski definition) is 2. The Hall–Kier alpha value is -1.61. The summed E-state index contributed by atoms with van der Waals surface area (Å²) in [6.45, 7) is 5.21. The van der Waals surface area contributed by atoms with Crippen molar-refractivity contribution in [3.63, 3.8) is 0 Å². The molecule has 0 heterocycles. The Morgan fingerprint density at radius 2 is 1.74 bits per heavy atom. The van der Waals surface area contributed by atoms with E-state index < -0.39 is 5.97 Å². The molecule has 35 heavy (non-hydrogen) atoms. The zero-order valence-corrected chi connectivity index (χ0v) is 22.7. The summed E-state index contributed by atoms with van der Waals surface area (Å²) in [5.74, 6) is 0.615. The van der Waals surface area contributed by atoms with Gasteiger partial charge in [0.05, 0.1) is 0 Å². The first kappa shape index (κ1) is 29.6. The summed E-state index contributed by atoms with van der Waals surface area (Å²) in [5.41, 5.74) is 7.63. The van der Waals surface area contributed by atoms with Crippen LogP contribution < -0.4 is 5.73 Å². The normalized spacial score (nSPS) is 18.0. The van der Waals surface area contributed by atoms with Gasteiger partial charge in [0.1, 0.15) is 0 Å². The van der Waals surface area contributed by atoms with Crippen LogP contribution in [-0.4, -0.2) is 17.6 Å². The standard InChI is InChI=1S/C32H53NO2/c1-3-5-6-7-8-9-11-16-27(4-2)19-20-28(21-24-33)29(25-31(34)35)26-32(22-14-15-23-32)30-17-12-10-13-18-30/h9-13,17-18,27-29H,3-8,14-16,19-26,33H2,1-2H3,(H,34,35)/b11-9-/t27-,28+,29+/m0/s1. The summed E-state index contributed by atoms with van der Waals surface area (Å²) >= 11 is 0. The Kier molecular flexibility index (Phi) is 14.3. The largest absolute Gasteiger partial charge is 0.481 e. The van der Waals surface area contributed by atoms with Gasteiger partial charge in [-0.2, -0.15) is 0 Å². The highest BCUT2D eigenvalue weighted by Crippen LogP contribution is 2.48. The summed E-state index contributed by atoms with van der Waals surface area (Å²) in [6.07, 6.45) is 22.9. The van der Waals surface area contributed by atoms with Gasteiger partial charge >= 0.3 is 5.97 Å². The van der Waals surface area contributed by atoms with Gasteiger partial charge in [0.25, 0.3) is 0 Å². The summed E-state index contributed by atoms with van der Waals surface area (Å²) in [4.78, 5) is 12.0. The second-order valence-corrected chi connectivity index (χ2v) is 11.2. The van der Waals surface area contributed by atoms with Crippen molar-refractivity contribution in [1.82, 2.24) is 0 Å². The van der Waals surface area contributed by atoms with Gasteiger partial charge in [-0.25, -0.2) is 0 Å². The van der Waals surface area contributed by atoms with Gasteiger partial charge in [0.15, 0.2) is 0 Å². The summed E-state index contributed by atoms with van der Waals surface area (Å²) in [7, 11) is 0. The van der Waals surface area contributed by atoms with Gasteiger partial charge < -0.3 is 10.8 Å². The number of allylic oxidation sites excluding steroid dienone is 2. The van der Waals surface area contributed by atoms with E-state index >= 15 is 0 Å². The molecular weight excluding hydrogens is 430 g/mol. The molecule has 0 saturated heterocycles. The van der Waals surface area contributed by atoms with E-state index in [1.165, 1.54) is 76.2 Å². The molecule has 1 aromatic carbocycles. The fraction of sp³-hybridized carbons (Fsp3) is 0.719. The van der Waals surface area contributed by atoms with Gasteiger partial charge in [-0.3, -0.25) is 4.79 Å². The van der Waals surface area contributed by atoms with Crippen LogP contribution in [0.1, 0.15) is 122 Å². The van der Waals surface area contributed by atoms with Gasteiger partial charge in [0.2, 0.25) is 0 Å². The lowest BCUT2D eigenvalue weighted by atomic mass is 9.67. The molecule has 3 heteroatoms. The lowest BCUT2D eigenvalue weighted by Crippen LogP contribution is -2.31. The monoisotopic (exact) mass is 483 g/mol. The average Bonchev–Trinajstić information content (AvgIpc) is 3.34. The number of carboxylic acids is 1. The highest BCUT2D eigenvalue weighted by Gasteiger charge is 2.39. The molecule has 0 aliphatic heterocycles. The molecule has 198 valence electrons. The summed E-state index contributed by atoms with van der Waals surface area (Å²) in [6, 6.07) is 10.9. The predicted octanol–water partition coefficient (Wildman–Crippen LogP) is 8.67. The van der Waals surface area contributed by atoms with E-state index in [1.54, 1.807) is 0 Å². The molecule has 3 N–H and O–H groups in total. The topological polar surface area (TPSA) is 63.3 Å². The van der Waals surface area contributed by atoms with E-state index in [9.17, 15) is 9.90 Å². The molecule has 0 aromatic heterocycles. The minimum atomic E-state index is -0.656. The number of hydrogen-bond donors (Lipinski definition) is 2. The lowest BCUT2D eigenvalue weighted by molar-refractivity contribution is -0.138. The van der Waals surface area contributed by atoms with Crippen LogP contribution >= 0.6 is 0 Å². The van der Waals surface area contributed by atoms with Crippen LogP contribution in [0.3, 0.4) is 0 Å². The van der Waals surface area contributed by atoms with Gasteiger partial charge in [0, 0.05) is 6.42 Å². The molecular formula is C32H53NO2. The predicted molar refractivity (Wildman–Crippen MR) is 150 cm³/mol. The van der Waals surface area contributed by atoms with Crippen molar-refractivity contribution < 1.29 is 9.90 Å². The minimum Gasteiger partial charge on any atom is -0.481 e. The molecule has 0 radical (unpaired) electrons. The molecule has 1 aliphatic carbocycles. The van der Waals surface area contributed by atoms with E-state index in [1.807, 2.05) is 0 Å². The third kappa shape index (κ3) is 10.5. The molecule has 0 amide bonds. The van der Waals surface area contributed by atoms with Crippen molar-refractivity contribution in [3.05, 3.63) is 48.0 Å². The average molecular weight is 484 g/mol. The number of benzene rings is 1. The number of aliphatic carboxylic acids is 1. The summed E-state index contributed by atoms with van der Waals surface area (Å²) < 4.78 is 0. The van der Waals surface area contributed by atoms with Crippen molar-refractivity contribution in [2.75, 3.05) is 6.54 Å². The van der Waals surface area contributed by atoms with Crippen LogP contribution in [0.5, 0.6) is 0 Å². The number of nitrogens with two attached hydrogens (primary N) is 1. The van der Waals surface area contributed by atoms with Crippen LogP contribution in [0.4, 0.5) is 0 Å². The van der Waals surface area contributed by atoms with E-state index in [-0.39, 0.29) is 17.8 Å². The van der Waals surface area contributed by atoms with Gasteiger partial charge in [-0.1, -0.05) is 94.9 Å². The highest BCUT2D eigenvalue weighted by atomic mass is 16.4. The van der Waals surface area contributed by atoms with E-state index in [2.05, 4.69) is 56.3 Å². The maximum absolute atomic E-state index is 12.0. The fourth-order valence-corrected chi connectivity index (χ4v) is 6.45. The maximum atomic E-state index is 12.0. The Labute approximate surface area is 216 Å². The third-order valence-electron chi connectivity index (χ3n) is 8.62. The van der Waals surface area contributed by atoms with Crippen LogP contribution in [0.2, 0.25) is 0 Å². The first-order chi connectivity index (χ1) is 17.0. The van der Waals surface area contributed by atoms with E-state index in [4.69, 9.17) is 5.73 Å². The molecule has 1 saturated carbocycles. The van der Waals surface area contributed by atoms with Crippen LogP contribution in [0, 0.1) is 17.8 Å². The van der Waals surface area contributed by atoms with Crippen molar-refractivity contribution >= 4 is 5.97 Å². The molecule has 2 rings (SSSR count). The molecule has 3 atom stereocenters. The summed E-state index contributed by atoms with van der Waals surface area (Å²) in [5, 5.41) is 9.83. The number of unbranched alkanes of at least 4 members (excludes halogenated alkanes) is 4. The number of rotatable bonds is 19. The quantitative estimate of drug-likeness (QED) is 0.153. The number of carboxylic acid groups (broad SMARTS) is 1. The van der Waals surface area contributed by atoms with E-state index in [0.29, 0.717) is 18.4 Å². The first-order valence-corrected chi connectivity index (χ1v) is 14.7. The van der Waals surface area contributed by atoms with Crippen molar-refractivity contribution in [3.8, 4) is 0 Å². The first-order valence-electron chi connectivity index (χ1n) is 14.7. The molecule has 0 bridgehead atoms. The lowest BCUT2D eigenvalue weighted by Gasteiger charge is -2.37. The molecule has 1 aromatic rings. The second-order valence-electron chi connectivity index (χ2n) is 11.2. The zero-order valence-electron chi connectivity index (χ0n) is 22.7. The zero-order chi connectivity index (χ0) is 25.4. The highest BCUT2D eigenvalue weighted by molar-refractivity contribution is 5.67. The van der Waals surface area contributed by atoms with Crippen molar-refractivity contribution in [2.45, 2.75) is 122 Å². The minimum absolute atomic E-state index is 0.138. The molecule has 0 spiro atoms. The van der Waals surface area contributed by atoms with Gasteiger partial charge in [-0.05, 0) is 93.1 Å². The molecule has 1 fully saturated rings. The molecule has 3 nitrogen and oxygen atoms in total. The SMILES string of the molecule is CCCCCC/C=C\C[C@H](CC)CC[C@H](CCN)[C@H](CC(=O)O)CC1(c2ccccc2)CCCC1. The van der Waals surface area contributed by atoms with Crippen molar-refractivity contribution in [2.24, 2.45) is 23.5 Å². The van der Waals surface area contributed by atoms with E-state index in [0.717, 1.165) is 25.7 Å². The van der Waals surface area contributed by atoms with Crippen LogP contribution in [-0.2, 0) is 10.2 Å². The smallest absolute Gasteiger partial charge is 0.303 e. The Balaban J connectivity index is 2.03. The second kappa shape index (κ2) is 17.0. The number of carbonyl (C=O) groups is 1. The van der Waals surface area contributed by atoms with Crippen LogP contribution in [0.15, 0.2) is 42.5 Å². The Morgan fingerprint density at radius 1 is 1.00 bits per heavy atom. The maximum Gasteiger partial charge on any atom is 0.303 e. The molecule has 1 aliphatic rings. The van der Waals surface area contributed by atoms with Crippen LogP contribution in [0.25, 0.3) is 0 Å². The fourth-order valence-electron chi connectivity index (χ4n) is 6.45. The third-order valence-corrected chi connectivity index (χ3v) is 8.62. The van der Waals surface area contributed by atoms with Gasteiger partial charge in [-0.15, -0.1) is 0 Å². The Morgan fingerprint density at radius 3 is 2.37 bits per heavy atom. The Bertz CT molecular complexity index is 708.